The van der Waals surface area contributed by atoms with Crippen molar-refractivity contribution in [1.29, 1.82) is 0 Å². The third kappa shape index (κ3) is 5.82. The topological polar surface area (TPSA) is 44.8 Å². The fourth-order valence-corrected chi connectivity index (χ4v) is 3.06. The number of hydrogen-bond donors (Lipinski definition) is 0. The van der Waals surface area contributed by atoms with E-state index in [0.717, 1.165) is 30.3 Å². The zero-order chi connectivity index (χ0) is 23.5. The Labute approximate surface area is 179 Å². The van der Waals surface area contributed by atoms with E-state index in [1.807, 2.05) is 0 Å². The number of benzene rings is 2. The van der Waals surface area contributed by atoms with Crippen LogP contribution in [-0.2, 0) is 31.4 Å². The second-order valence-corrected chi connectivity index (χ2v) is 6.88. The lowest BCUT2D eigenvalue weighted by atomic mass is 10.0. The molecule has 0 saturated carbocycles. The maximum atomic E-state index is 12.8. The van der Waals surface area contributed by atoms with Gasteiger partial charge in [0.15, 0.2) is 0 Å². The Balaban J connectivity index is 1.89. The molecular formula is C22H18F6O4. The summed E-state index contributed by atoms with van der Waals surface area (Å²) in [5.41, 5.74) is -1.08. The number of carbonyl (C=O) groups is 1. The van der Waals surface area contributed by atoms with Gasteiger partial charge in [-0.25, -0.2) is 4.79 Å². The van der Waals surface area contributed by atoms with Gasteiger partial charge in [0, 0.05) is 12.0 Å². The van der Waals surface area contributed by atoms with E-state index in [0.29, 0.717) is 5.56 Å². The first-order valence-electron chi connectivity index (χ1n) is 9.51. The molecule has 4 nitrogen and oxygen atoms in total. The minimum atomic E-state index is -4.52. The van der Waals surface area contributed by atoms with Crippen LogP contribution in [0.15, 0.2) is 60.4 Å². The fraction of sp³-hybridized carbons (Fsp3) is 0.318. The Morgan fingerprint density at radius 3 is 1.91 bits per heavy atom. The third-order valence-electron chi connectivity index (χ3n) is 4.62. The Kier molecular flexibility index (Phi) is 6.82. The SMILES string of the molecule is CCOC(=O)/C=C1\C[C@@H](c2ccc(C(F)(F)F)cc2)O[C@@H](c2ccc(C(F)(F)F)cc2)O1. The van der Waals surface area contributed by atoms with Gasteiger partial charge in [0.2, 0.25) is 6.29 Å². The highest BCUT2D eigenvalue weighted by atomic mass is 19.4. The smallest absolute Gasteiger partial charge is 0.416 e. The number of alkyl halides is 6. The van der Waals surface area contributed by atoms with Crippen molar-refractivity contribution in [1.82, 2.24) is 0 Å². The standard InChI is InChI=1S/C22H18F6O4/c1-2-30-19(29)12-17-11-18(13-3-7-15(8-4-13)21(23,24)25)32-20(31-17)14-5-9-16(10-6-14)22(26,27)28/h3-10,12,18,20H,2,11H2,1H3/b17-12+/t18-,20-/m0/s1. The molecule has 0 aromatic heterocycles. The zero-order valence-corrected chi connectivity index (χ0v) is 16.7. The number of rotatable bonds is 4. The van der Waals surface area contributed by atoms with Crippen LogP contribution in [0.5, 0.6) is 0 Å². The Hall–Kier alpha value is -3.01. The molecule has 2 aromatic carbocycles. The van der Waals surface area contributed by atoms with Crippen LogP contribution in [-0.4, -0.2) is 12.6 Å². The van der Waals surface area contributed by atoms with E-state index in [4.69, 9.17) is 14.2 Å². The summed E-state index contributed by atoms with van der Waals surface area (Å²) in [6.45, 7) is 1.72. The van der Waals surface area contributed by atoms with E-state index in [1.165, 1.54) is 24.3 Å². The summed E-state index contributed by atoms with van der Waals surface area (Å²) < 4.78 is 93.3. The van der Waals surface area contributed by atoms with Crippen molar-refractivity contribution in [3.8, 4) is 0 Å². The van der Waals surface area contributed by atoms with Crippen molar-refractivity contribution >= 4 is 5.97 Å². The summed E-state index contributed by atoms with van der Waals surface area (Å²) in [5.74, 6) is -0.564. The molecule has 2 atom stereocenters. The summed E-state index contributed by atoms with van der Waals surface area (Å²) in [7, 11) is 0. The lowest BCUT2D eigenvalue weighted by molar-refractivity contribution is -0.191. The highest BCUT2D eigenvalue weighted by Gasteiger charge is 2.34. The molecule has 0 radical (unpaired) electrons. The van der Waals surface area contributed by atoms with E-state index in [2.05, 4.69) is 0 Å². The number of halogens is 6. The van der Waals surface area contributed by atoms with Crippen LogP contribution in [0, 0.1) is 0 Å². The molecule has 32 heavy (non-hydrogen) atoms. The van der Waals surface area contributed by atoms with Crippen molar-refractivity contribution in [2.24, 2.45) is 0 Å². The third-order valence-corrected chi connectivity index (χ3v) is 4.62. The minimum absolute atomic E-state index is 0.0152. The van der Waals surface area contributed by atoms with Crippen molar-refractivity contribution in [2.45, 2.75) is 38.1 Å². The highest BCUT2D eigenvalue weighted by Crippen LogP contribution is 2.41. The van der Waals surface area contributed by atoms with Crippen LogP contribution in [0.4, 0.5) is 26.3 Å². The van der Waals surface area contributed by atoms with Crippen molar-refractivity contribution in [3.05, 3.63) is 82.6 Å². The molecule has 2 aromatic rings. The van der Waals surface area contributed by atoms with Gasteiger partial charge in [0.1, 0.15) is 5.76 Å². The molecule has 3 rings (SSSR count). The van der Waals surface area contributed by atoms with Crippen LogP contribution < -0.4 is 0 Å². The number of esters is 1. The number of carbonyl (C=O) groups excluding carboxylic acids is 1. The van der Waals surface area contributed by atoms with Gasteiger partial charge in [-0.15, -0.1) is 0 Å². The Morgan fingerprint density at radius 1 is 0.938 bits per heavy atom. The quantitative estimate of drug-likeness (QED) is 0.303. The largest absolute Gasteiger partial charge is 0.465 e. The van der Waals surface area contributed by atoms with Crippen LogP contribution in [0.2, 0.25) is 0 Å². The molecule has 1 heterocycles. The molecule has 172 valence electrons. The Morgan fingerprint density at radius 2 is 1.44 bits per heavy atom. The Bertz CT molecular complexity index is 894. The van der Waals surface area contributed by atoms with Gasteiger partial charge in [-0.3, -0.25) is 0 Å². The molecule has 0 unspecified atom stereocenters. The molecule has 0 N–H and O–H groups in total. The normalized spacial score (nSPS) is 20.7. The zero-order valence-electron chi connectivity index (χ0n) is 16.7. The first-order valence-corrected chi connectivity index (χ1v) is 9.51. The average Bonchev–Trinajstić information content (AvgIpc) is 2.72. The summed E-state index contributed by atoms with van der Waals surface area (Å²) >= 11 is 0. The van der Waals surface area contributed by atoms with Crippen molar-refractivity contribution < 1.29 is 45.3 Å². The first-order chi connectivity index (χ1) is 15.0. The molecule has 0 amide bonds. The highest BCUT2D eigenvalue weighted by molar-refractivity contribution is 5.82. The summed E-state index contributed by atoms with van der Waals surface area (Å²) in [5, 5.41) is 0. The molecule has 0 aliphatic carbocycles. The average molecular weight is 460 g/mol. The molecule has 1 saturated heterocycles. The molecule has 0 spiro atoms. The van der Waals surface area contributed by atoms with Gasteiger partial charge in [0.25, 0.3) is 0 Å². The van der Waals surface area contributed by atoms with Gasteiger partial charge in [-0.1, -0.05) is 24.3 Å². The predicted molar refractivity (Wildman–Crippen MR) is 99.9 cm³/mol. The van der Waals surface area contributed by atoms with Gasteiger partial charge in [0.05, 0.1) is 29.9 Å². The van der Waals surface area contributed by atoms with E-state index < -0.39 is 41.8 Å². The van der Waals surface area contributed by atoms with Crippen LogP contribution in [0.25, 0.3) is 0 Å². The van der Waals surface area contributed by atoms with Gasteiger partial charge in [-0.05, 0) is 36.8 Å². The second-order valence-electron chi connectivity index (χ2n) is 6.88. The number of ether oxygens (including phenoxy) is 3. The number of hydrogen-bond acceptors (Lipinski definition) is 4. The van der Waals surface area contributed by atoms with Gasteiger partial charge < -0.3 is 14.2 Å². The monoisotopic (exact) mass is 460 g/mol. The maximum Gasteiger partial charge on any atom is 0.416 e. The van der Waals surface area contributed by atoms with Crippen LogP contribution in [0.3, 0.4) is 0 Å². The van der Waals surface area contributed by atoms with E-state index in [9.17, 15) is 31.1 Å². The van der Waals surface area contributed by atoms with E-state index >= 15 is 0 Å². The van der Waals surface area contributed by atoms with Crippen molar-refractivity contribution in [3.63, 3.8) is 0 Å². The molecular weight excluding hydrogens is 442 g/mol. The fourth-order valence-electron chi connectivity index (χ4n) is 3.06. The molecule has 1 aliphatic rings. The molecule has 0 bridgehead atoms. The van der Waals surface area contributed by atoms with E-state index in [-0.39, 0.29) is 24.4 Å². The maximum absolute atomic E-state index is 12.8. The summed E-state index contributed by atoms with van der Waals surface area (Å²) in [6, 6.07) is 8.34. The molecule has 1 fully saturated rings. The van der Waals surface area contributed by atoms with Crippen molar-refractivity contribution in [2.75, 3.05) is 6.61 Å². The van der Waals surface area contributed by atoms with E-state index in [1.54, 1.807) is 6.92 Å². The van der Waals surface area contributed by atoms with Gasteiger partial charge >= 0.3 is 18.3 Å². The van der Waals surface area contributed by atoms with Crippen LogP contribution >= 0.6 is 0 Å². The second kappa shape index (κ2) is 9.23. The molecule has 10 heteroatoms. The van der Waals surface area contributed by atoms with Crippen LogP contribution in [0.1, 0.15) is 48.0 Å². The summed E-state index contributed by atoms with van der Waals surface area (Å²) in [6.07, 6.45) is -9.92. The predicted octanol–water partition coefficient (Wildman–Crippen LogP) is 6.35. The lowest BCUT2D eigenvalue weighted by Gasteiger charge is -2.33. The lowest BCUT2D eigenvalue weighted by Crippen LogP contribution is -2.21. The molecule has 1 aliphatic heterocycles. The van der Waals surface area contributed by atoms with Gasteiger partial charge in [-0.2, -0.15) is 26.3 Å². The minimum Gasteiger partial charge on any atom is -0.465 e. The first kappa shape index (κ1) is 23.6. The summed E-state index contributed by atoms with van der Waals surface area (Å²) in [4.78, 5) is 11.8.